The fourth-order valence-corrected chi connectivity index (χ4v) is 1.48. The van der Waals surface area contributed by atoms with Crippen molar-refractivity contribution >= 4 is 46.6 Å². The van der Waals surface area contributed by atoms with Gasteiger partial charge in [-0.25, -0.2) is 4.98 Å². The van der Waals surface area contributed by atoms with E-state index in [2.05, 4.69) is 9.97 Å². The molecule has 0 fully saturated rings. The number of hydrogen-bond donors (Lipinski definition) is 2. The minimum Gasteiger partial charge on any atom is -0.341 e. The van der Waals surface area contributed by atoms with Gasteiger partial charge in [-0.2, -0.15) is 0 Å². The van der Waals surface area contributed by atoms with Crippen molar-refractivity contribution in [3.05, 3.63) is 28.0 Å². The topological polar surface area (TPSA) is 54.7 Å². The number of aromatic nitrogens is 2. The number of hydrogen-bond acceptors (Lipinski definition) is 2. The molecule has 76 valence electrons. The highest BCUT2D eigenvalue weighted by molar-refractivity contribution is 6.42. The van der Waals surface area contributed by atoms with Gasteiger partial charge in [-0.1, -0.05) is 23.2 Å². The van der Waals surface area contributed by atoms with Crippen molar-refractivity contribution in [2.45, 2.75) is 6.54 Å². The highest BCUT2D eigenvalue weighted by atomic mass is 35.5. The molecule has 0 saturated carbocycles. The number of nitrogens with two attached hydrogens (primary N) is 1. The van der Waals surface area contributed by atoms with E-state index in [0.717, 1.165) is 16.9 Å². The lowest BCUT2D eigenvalue weighted by atomic mass is 10.3. The molecule has 0 saturated heterocycles. The largest absolute Gasteiger partial charge is 0.341 e. The van der Waals surface area contributed by atoms with E-state index >= 15 is 0 Å². The third-order valence-electron chi connectivity index (χ3n) is 1.77. The van der Waals surface area contributed by atoms with Gasteiger partial charge in [-0.3, -0.25) is 0 Å². The molecule has 3 N–H and O–H groups in total. The summed E-state index contributed by atoms with van der Waals surface area (Å²) in [6.07, 6.45) is 0. The standard InChI is InChI=1S/C8H7Cl2N3.ClH/c9-4-1-6-7(2-5(4)10)13-8(3-11)12-6;/h1-2H,3,11H2,(H,12,13);1H. The van der Waals surface area contributed by atoms with Crippen LogP contribution in [0.3, 0.4) is 0 Å². The van der Waals surface area contributed by atoms with Crippen molar-refractivity contribution < 1.29 is 0 Å². The van der Waals surface area contributed by atoms with Crippen molar-refractivity contribution in [3.63, 3.8) is 0 Å². The molecule has 0 spiro atoms. The highest BCUT2D eigenvalue weighted by Gasteiger charge is 2.04. The van der Waals surface area contributed by atoms with Gasteiger partial charge in [-0.15, -0.1) is 12.4 Å². The quantitative estimate of drug-likeness (QED) is 0.820. The molecule has 0 radical (unpaired) electrons. The van der Waals surface area contributed by atoms with Gasteiger partial charge in [-0.05, 0) is 12.1 Å². The van der Waals surface area contributed by atoms with Crippen molar-refractivity contribution in [2.75, 3.05) is 0 Å². The first kappa shape index (κ1) is 11.6. The van der Waals surface area contributed by atoms with Crippen molar-refractivity contribution in [2.24, 2.45) is 5.73 Å². The maximum atomic E-state index is 5.83. The molecule has 1 aromatic heterocycles. The van der Waals surface area contributed by atoms with Crippen LogP contribution < -0.4 is 5.73 Å². The summed E-state index contributed by atoms with van der Waals surface area (Å²) in [7, 11) is 0. The number of rotatable bonds is 1. The molecule has 0 aliphatic heterocycles. The Bertz CT molecular complexity index is 413. The SMILES string of the molecule is Cl.NCc1nc2cc(Cl)c(Cl)cc2[nH]1. The van der Waals surface area contributed by atoms with E-state index in [9.17, 15) is 0 Å². The van der Waals surface area contributed by atoms with Crippen LogP contribution in [0.5, 0.6) is 0 Å². The molecule has 1 aromatic carbocycles. The average Bonchev–Trinajstić information content (AvgIpc) is 2.48. The summed E-state index contributed by atoms with van der Waals surface area (Å²) >= 11 is 11.7. The van der Waals surface area contributed by atoms with Crippen LogP contribution in [-0.4, -0.2) is 9.97 Å². The Morgan fingerprint density at radius 1 is 1.29 bits per heavy atom. The lowest BCUT2D eigenvalue weighted by molar-refractivity contribution is 0.958. The fraction of sp³-hybridized carbons (Fsp3) is 0.125. The Kier molecular flexibility index (Phi) is 3.61. The van der Waals surface area contributed by atoms with Crippen LogP contribution in [0.25, 0.3) is 11.0 Å². The van der Waals surface area contributed by atoms with Crippen molar-refractivity contribution in [3.8, 4) is 0 Å². The van der Waals surface area contributed by atoms with E-state index in [1.165, 1.54) is 0 Å². The molecular weight excluding hydrogens is 244 g/mol. The second-order valence-electron chi connectivity index (χ2n) is 2.67. The number of aromatic amines is 1. The van der Waals surface area contributed by atoms with E-state index < -0.39 is 0 Å². The molecular formula is C8H8Cl3N3. The lowest BCUT2D eigenvalue weighted by Gasteiger charge is -1.93. The van der Waals surface area contributed by atoms with E-state index in [0.29, 0.717) is 16.6 Å². The van der Waals surface area contributed by atoms with Crippen LogP contribution in [-0.2, 0) is 6.54 Å². The minimum absolute atomic E-state index is 0. The number of H-pyrrole nitrogens is 1. The number of halogens is 3. The van der Waals surface area contributed by atoms with Crippen LogP contribution in [0.4, 0.5) is 0 Å². The van der Waals surface area contributed by atoms with Crippen LogP contribution in [0.2, 0.25) is 10.0 Å². The first-order valence-corrected chi connectivity index (χ1v) is 4.50. The molecule has 2 rings (SSSR count). The first-order chi connectivity index (χ1) is 6.20. The van der Waals surface area contributed by atoms with E-state index in [4.69, 9.17) is 28.9 Å². The lowest BCUT2D eigenvalue weighted by Crippen LogP contribution is -1.97. The molecule has 0 atom stereocenters. The Labute approximate surface area is 97.0 Å². The van der Waals surface area contributed by atoms with Gasteiger partial charge < -0.3 is 10.7 Å². The molecule has 0 unspecified atom stereocenters. The molecule has 2 aromatic rings. The minimum atomic E-state index is 0. The zero-order valence-corrected chi connectivity index (χ0v) is 9.38. The number of nitrogens with zero attached hydrogens (tertiary/aromatic N) is 1. The third-order valence-corrected chi connectivity index (χ3v) is 2.49. The summed E-state index contributed by atoms with van der Waals surface area (Å²) in [4.78, 5) is 7.24. The van der Waals surface area contributed by atoms with E-state index in [1.54, 1.807) is 12.1 Å². The van der Waals surface area contributed by atoms with Gasteiger partial charge in [0.25, 0.3) is 0 Å². The zero-order chi connectivity index (χ0) is 9.42. The smallest absolute Gasteiger partial charge is 0.121 e. The normalized spacial score (nSPS) is 10.2. The molecule has 3 nitrogen and oxygen atoms in total. The van der Waals surface area contributed by atoms with Gasteiger partial charge in [0.2, 0.25) is 0 Å². The maximum absolute atomic E-state index is 5.83. The third kappa shape index (κ3) is 1.96. The second-order valence-corrected chi connectivity index (χ2v) is 3.49. The molecule has 6 heteroatoms. The maximum Gasteiger partial charge on any atom is 0.121 e. The predicted molar refractivity (Wildman–Crippen MR) is 61.3 cm³/mol. The first-order valence-electron chi connectivity index (χ1n) is 3.74. The predicted octanol–water partition coefficient (Wildman–Crippen LogP) is 2.75. The van der Waals surface area contributed by atoms with Gasteiger partial charge >= 0.3 is 0 Å². The summed E-state index contributed by atoms with van der Waals surface area (Å²) in [5.41, 5.74) is 7.07. The summed E-state index contributed by atoms with van der Waals surface area (Å²) in [5.74, 6) is 0.730. The van der Waals surface area contributed by atoms with Gasteiger partial charge in [0.05, 0.1) is 27.6 Å². The number of fused-ring (bicyclic) bond motifs is 1. The Morgan fingerprint density at radius 2 is 1.93 bits per heavy atom. The molecule has 1 heterocycles. The Hall–Kier alpha value is -0.480. The molecule has 14 heavy (non-hydrogen) atoms. The van der Waals surface area contributed by atoms with Gasteiger partial charge in [0.1, 0.15) is 5.82 Å². The summed E-state index contributed by atoms with van der Waals surface area (Å²) < 4.78 is 0. The van der Waals surface area contributed by atoms with Crippen molar-refractivity contribution in [1.82, 2.24) is 9.97 Å². The molecule has 0 bridgehead atoms. The fourth-order valence-electron chi connectivity index (χ4n) is 1.15. The molecule has 0 aliphatic rings. The zero-order valence-electron chi connectivity index (χ0n) is 7.05. The highest BCUT2D eigenvalue weighted by Crippen LogP contribution is 2.26. The van der Waals surface area contributed by atoms with Crippen molar-refractivity contribution in [1.29, 1.82) is 0 Å². The monoisotopic (exact) mass is 251 g/mol. The number of benzene rings is 1. The Balaban J connectivity index is 0.000000980. The summed E-state index contributed by atoms with van der Waals surface area (Å²) in [5, 5.41) is 1.02. The van der Waals surface area contributed by atoms with Gasteiger partial charge in [0.15, 0.2) is 0 Å². The number of imidazole rings is 1. The van der Waals surface area contributed by atoms with E-state index in [-0.39, 0.29) is 12.4 Å². The summed E-state index contributed by atoms with van der Waals surface area (Å²) in [6, 6.07) is 3.46. The van der Waals surface area contributed by atoms with Crippen LogP contribution in [0.15, 0.2) is 12.1 Å². The van der Waals surface area contributed by atoms with Crippen LogP contribution in [0, 0.1) is 0 Å². The Morgan fingerprint density at radius 3 is 2.57 bits per heavy atom. The van der Waals surface area contributed by atoms with E-state index in [1.807, 2.05) is 0 Å². The second kappa shape index (κ2) is 4.36. The average molecular weight is 253 g/mol. The molecule has 0 aliphatic carbocycles. The molecule has 0 amide bonds. The summed E-state index contributed by atoms with van der Waals surface area (Å²) in [6.45, 7) is 0.379. The van der Waals surface area contributed by atoms with Crippen LogP contribution in [0.1, 0.15) is 5.82 Å². The number of nitrogens with one attached hydrogen (secondary N) is 1. The van der Waals surface area contributed by atoms with Crippen LogP contribution >= 0.6 is 35.6 Å². The van der Waals surface area contributed by atoms with Gasteiger partial charge in [0, 0.05) is 0 Å².